The number of nitrogens with zero attached hydrogens (tertiary/aromatic N) is 1. The van der Waals surface area contributed by atoms with Crippen molar-refractivity contribution >= 4 is 15.9 Å². The van der Waals surface area contributed by atoms with Crippen LogP contribution < -0.4 is 5.32 Å². The SMILES string of the molecule is CCCCN(CCC(=O)NC(C)CC)S(C)(=O)=O. The van der Waals surface area contributed by atoms with E-state index < -0.39 is 10.0 Å². The van der Waals surface area contributed by atoms with Crippen LogP contribution in [0.3, 0.4) is 0 Å². The van der Waals surface area contributed by atoms with Gasteiger partial charge in [-0.25, -0.2) is 12.7 Å². The Kier molecular flexibility index (Phi) is 8.18. The minimum absolute atomic E-state index is 0.0884. The first-order valence-electron chi connectivity index (χ1n) is 6.55. The van der Waals surface area contributed by atoms with E-state index in [1.54, 1.807) is 0 Å². The molecule has 0 heterocycles. The first-order chi connectivity index (χ1) is 8.31. The molecule has 0 aromatic rings. The normalized spacial score (nSPS) is 13.6. The molecule has 0 saturated heterocycles. The summed E-state index contributed by atoms with van der Waals surface area (Å²) in [5.41, 5.74) is 0. The van der Waals surface area contributed by atoms with Gasteiger partial charge < -0.3 is 5.32 Å². The highest BCUT2D eigenvalue weighted by molar-refractivity contribution is 7.88. The maximum atomic E-state index is 11.6. The van der Waals surface area contributed by atoms with E-state index in [2.05, 4.69) is 5.32 Å². The number of carbonyl (C=O) groups excluding carboxylic acids is 1. The van der Waals surface area contributed by atoms with E-state index in [9.17, 15) is 13.2 Å². The van der Waals surface area contributed by atoms with Crippen LogP contribution in [0, 0.1) is 0 Å². The van der Waals surface area contributed by atoms with Gasteiger partial charge in [-0.05, 0) is 19.8 Å². The van der Waals surface area contributed by atoms with Crippen LogP contribution in [0.4, 0.5) is 0 Å². The molecule has 18 heavy (non-hydrogen) atoms. The molecule has 0 aromatic heterocycles. The van der Waals surface area contributed by atoms with Gasteiger partial charge in [0.25, 0.3) is 0 Å². The highest BCUT2D eigenvalue weighted by Gasteiger charge is 2.17. The van der Waals surface area contributed by atoms with E-state index in [1.807, 2.05) is 20.8 Å². The fourth-order valence-electron chi connectivity index (χ4n) is 1.45. The van der Waals surface area contributed by atoms with Gasteiger partial charge in [-0.3, -0.25) is 4.79 Å². The molecule has 0 bridgehead atoms. The molecule has 1 N–H and O–H groups in total. The maximum Gasteiger partial charge on any atom is 0.221 e. The molecule has 1 atom stereocenters. The lowest BCUT2D eigenvalue weighted by Gasteiger charge is -2.20. The summed E-state index contributed by atoms with van der Waals surface area (Å²) in [7, 11) is -3.21. The molecule has 0 aliphatic rings. The predicted octanol–water partition coefficient (Wildman–Crippen LogP) is 1.35. The van der Waals surface area contributed by atoms with Gasteiger partial charge in [0.15, 0.2) is 0 Å². The van der Waals surface area contributed by atoms with Crippen molar-refractivity contribution < 1.29 is 13.2 Å². The topological polar surface area (TPSA) is 66.5 Å². The molecule has 0 saturated carbocycles. The van der Waals surface area contributed by atoms with Gasteiger partial charge in [0, 0.05) is 25.6 Å². The summed E-state index contributed by atoms with van der Waals surface area (Å²) >= 11 is 0. The molecule has 0 aromatic carbocycles. The molecular formula is C12H26N2O3S. The Morgan fingerprint density at radius 1 is 1.28 bits per heavy atom. The van der Waals surface area contributed by atoms with Crippen molar-refractivity contribution in [1.29, 1.82) is 0 Å². The lowest BCUT2D eigenvalue weighted by molar-refractivity contribution is -0.121. The number of hydrogen-bond acceptors (Lipinski definition) is 3. The van der Waals surface area contributed by atoms with Crippen molar-refractivity contribution in [3.05, 3.63) is 0 Å². The van der Waals surface area contributed by atoms with Crippen molar-refractivity contribution in [1.82, 2.24) is 9.62 Å². The number of hydrogen-bond donors (Lipinski definition) is 1. The largest absolute Gasteiger partial charge is 0.354 e. The summed E-state index contributed by atoms with van der Waals surface area (Å²) < 4.78 is 24.4. The number of amides is 1. The van der Waals surface area contributed by atoms with E-state index in [0.29, 0.717) is 6.54 Å². The Bertz CT molecular complexity index is 341. The third-order valence-electron chi connectivity index (χ3n) is 2.84. The maximum absolute atomic E-state index is 11.6. The highest BCUT2D eigenvalue weighted by atomic mass is 32.2. The van der Waals surface area contributed by atoms with Gasteiger partial charge in [0.2, 0.25) is 15.9 Å². The van der Waals surface area contributed by atoms with Crippen LogP contribution in [0.15, 0.2) is 0 Å². The van der Waals surface area contributed by atoms with E-state index in [1.165, 1.54) is 10.6 Å². The highest BCUT2D eigenvalue weighted by Crippen LogP contribution is 2.03. The van der Waals surface area contributed by atoms with Crippen molar-refractivity contribution in [2.24, 2.45) is 0 Å². The Morgan fingerprint density at radius 3 is 2.33 bits per heavy atom. The molecule has 1 amide bonds. The summed E-state index contributed by atoms with van der Waals surface area (Å²) in [6, 6.07) is 0.139. The predicted molar refractivity (Wildman–Crippen MR) is 73.8 cm³/mol. The standard InChI is InChI=1S/C12H26N2O3S/c1-5-7-9-14(18(4,16)17)10-8-12(15)13-11(3)6-2/h11H,5-10H2,1-4H3,(H,13,15). The molecule has 5 nitrogen and oxygen atoms in total. The lowest BCUT2D eigenvalue weighted by Crippen LogP contribution is -2.37. The third kappa shape index (κ3) is 7.66. The van der Waals surface area contributed by atoms with Crippen molar-refractivity contribution in [3.8, 4) is 0 Å². The van der Waals surface area contributed by atoms with Crippen LogP contribution in [-0.4, -0.2) is 44.0 Å². The molecule has 0 aliphatic heterocycles. The molecular weight excluding hydrogens is 252 g/mol. The third-order valence-corrected chi connectivity index (χ3v) is 4.14. The van der Waals surface area contributed by atoms with Crippen molar-refractivity contribution in [2.75, 3.05) is 19.3 Å². The quantitative estimate of drug-likeness (QED) is 0.692. The number of carbonyl (C=O) groups is 1. The zero-order valence-electron chi connectivity index (χ0n) is 11.9. The minimum atomic E-state index is -3.21. The van der Waals surface area contributed by atoms with Crippen molar-refractivity contribution in [2.45, 2.75) is 52.5 Å². The van der Waals surface area contributed by atoms with Crippen molar-refractivity contribution in [3.63, 3.8) is 0 Å². The molecule has 108 valence electrons. The Hall–Kier alpha value is -0.620. The van der Waals surface area contributed by atoms with Gasteiger partial charge in [0.1, 0.15) is 0 Å². The monoisotopic (exact) mass is 278 g/mol. The van der Waals surface area contributed by atoms with E-state index in [4.69, 9.17) is 0 Å². The van der Waals surface area contributed by atoms with E-state index in [0.717, 1.165) is 19.3 Å². The zero-order chi connectivity index (χ0) is 14.2. The number of nitrogens with one attached hydrogen (secondary N) is 1. The fraction of sp³-hybridized carbons (Fsp3) is 0.917. The first-order valence-corrected chi connectivity index (χ1v) is 8.40. The van der Waals surface area contributed by atoms with E-state index in [-0.39, 0.29) is 24.9 Å². The number of rotatable bonds is 9. The number of sulfonamides is 1. The minimum Gasteiger partial charge on any atom is -0.354 e. The summed E-state index contributed by atoms with van der Waals surface area (Å²) in [4.78, 5) is 11.6. The molecule has 1 unspecified atom stereocenters. The smallest absolute Gasteiger partial charge is 0.221 e. The summed E-state index contributed by atoms with van der Waals surface area (Å²) in [6.45, 7) is 6.70. The number of unbranched alkanes of at least 4 members (excludes halogenated alkanes) is 1. The molecule has 0 rings (SSSR count). The molecule has 0 aliphatic carbocycles. The molecule has 0 fully saturated rings. The van der Waals surface area contributed by atoms with Crippen LogP contribution in [0.1, 0.15) is 46.5 Å². The summed E-state index contributed by atoms with van der Waals surface area (Å²) in [6.07, 6.45) is 4.04. The van der Waals surface area contributed by atoms with Gasteiger partial charge in [-0.1, -0.05) is 20.3 Å². The summed E-state index contributed by atoms with van der Waals surface area (Å²) in [5.74, 6) is -0.0884. The first kappa shape index (κ1) is 17.4. The average molecular weight is 278 g/mol. The average Bonchev–Trinajstić information content (AvgIpc) is 2.27. The van der Waals surface area contributed by atoms with Crippen LogP contribution in [-0.2, 0) is 14.8 Å². The van der Waals surface area contributed by atoms with Crippen LogP contribution >= 0.6 is 0 Å². The van der Waals surface area contributed by atoms with Gasteiger partial charge >= 0.3 is 0 Å². The second-order valence-electron chi connectivity index (χ2n) is 4.64. The second kappa shape index (κ2) is 8.48. The molecule has 0 spiro atoms. The second-order valence-corrected chi connectivity index (χ2v) is 6.62. The van der Waals surface area contributed by atoms with Gasteiger partial charge in [-0.15, -0.1) is 0 Å². The zero-order valence-corrected chi connectivity index (χ0v) is 12.7. The summed E-state index contributed by atoms with van der Waals surface area (Å²) in [5, 5.41) is 2.83. The van der Waals surface area contributed by atoms with Crippen LogP contribution in [0.25, 0.3) is 0 Å². The van der Waals surface area contributed by atoms with Crippen LogP contribution in [0.2, 0.25) is 0 Å². The Balaban J connectivity index is 4.22. The van der Waals surface area contributed by atoms with Gasteiger partial charge in [0.05, 0.1) is 6.26 Å². The van der Waals surface area contributed by atoms with Gasteiger partial charge in [-0.2, -0.15) is 0 Å². The molecule has 0 radical (unpaired) electrons. The van der Waals surface area contributed by atoms with Crippen LogP contribution in [0.5, 0.6) is 0 Å². The lowest BCUT2D eigenvalue weighted by atomic mass is 10.2. The fourth-order valence-corrected chi connectivity index (χ4v) is 2.34. The Morgan fingerprint density at radius 2 is 1.89 bits per heavy atom. The van der Waals surface area contributed by atoms with E-state index >= 15 is 0 Å². The molecule has 6 heteroatoms. The Labute approximate surface area is 111 Å².